The largest absolute Gasteiger partial charge is 0.508 e. The molecule has 0 fully saturated rings. The SMILES string of the molecule is O=C(CCCN1CCCc2cc3c(cc21)Cc1c(cc2c4c1CCCN4CCC2)C31OC(=O)c2c(O)c(O)c(O)c(O)c21)NCCOCCOCCOCCOCCOCCCCOCCOCCOCCC(=O)NCCc1ccc(O)cc1. The highest BCUT2D eigenvalue weighted by Crippen LogP contribution is 2.62. The number of unbranched alkanes of at least 4 members (excludes halogenated alkanes) is 1. The van der Waals surface area contributed by atoms with Crippen LogP contribution in [0.25, 0.3) is 0 Å². The molecule has 1 aliphatic carbocycles. The van der Waals surface area contributed by atoms with Gasteiger partial charge in [-0.3, -0.25) is 9.59 Å². The summed E-state index contributed by atoms with van der Waals surface area (Å²) in [6.45, 7) is 11.7. The molecule has 0 saturated carbocycles. The fourth-order valence-corrected chi connectivity index (χ4v) is 12.1. The van der Waals surface area contributed by atoms with Crippen LogP contribution in [0.3, 0.4) is 0 Å². The third-order valence-corrected chi connectivity index (χ3v) is 16.1. The number of nitrogens with one attached hydrogen (secondary N) is 2. The topological polar surface area (TPSA) is 266 Å². The molecular weight excluding hydrogens is 1080 g/mol. The third kappa shape index (κ3) is 15.5. The minimum Gasteiger partial charge on any atom is -0.508 e. The van der Waals surface area contributed by atoms with E-state index in [4.69, 9.17) is 42.6 Å². The Kier molecular flexibility index (Phi) is 23.0. The predicted molar refractivity (Wildman–Crippen MR) is 311 cm³/mol. The van der Waals surface area contributed by atoms with Crippen molar-refractivity contribution in [2.24, 2.45) is 0 Å². The molecule has 1 unspecified atom stereocenters. The van der Waals surface area contributed by atoms with Crippen molar-refractivity contribution in [3.05, 3.63) is 98.1 Å². The molecule has 84 heavy (non-hydrogen) atoms. The first-order valence-electron chi connectivity index (χ1n) is 30.1. The van der Waals surface area contributed by atoms with Gasteiger partial charge in [-0.2, -0.15) is 0 Å². The second-order valence-corrected chi connectivity index (χ2v) is 21.8. The van der Waals surface area contributed by atoms with Gasteiger partial charge >= 0.3 is 5.97 Å². The maximum atomic E-state index is 13.9. The number of ether oxygens (including phenoxy) is 9. The molecule has 4 aromatic carbocycles. The minimum absolute atomic E-state index is 0.0516. The summed E-state index contributed by atoms with van der Waals surface area (Å²) in [4.78, 5) is 43.6. The quantitative estimate of drug-likeness (QED) is 0.0127. The molecule has 0 saturated heterocycles. The van der Waals surface area contributed by atoms with E-state index in [2.05, 4.69) is 38.6 Å². The number of aromatic hydroxyl groups is 5. The van der Waals surface area contributed by atoms with E-state index in [0.29, 0.717) is 163 Å². The Morgan fingerprint density at radius 1 is 0.536 bits per heavy atom. The summed E-state index contributed by atoms with van der Waals surface area (Å²) >= 11 is 0. The number of anilines is 2. The van der Waals surface area contributed by atoms with Gasteiger partial charge < -0.3 is 88.6 Å². The van der Waals surface area contributed by atoms with Gasteiger partial charge in [-0.25, -0.2) is 4.79 Å². The smallest absolute Gasteiger partial charge is 0.344 e. The van der Waals surface area contributed by atoms with Crippen LogP contribution in [0.5, 0.6) is 28.7 Å². The van der Waals surface area contributed by atoms with Crippen LogP contribution in [-0.2, 0) is 89.9 Å². The molecule has 458 valence electrons. The maximum absolute atomic E-state index is 13.9. The number of carbonyl (C=O) groups is 3. The second kappa shape index (κ2) is 31.1. The molecule has 2 amide bonds. The molecule has 5 aliphatic rings. The molecule has 4 aliphatic heterocycles. The Bertz CT molecular complexity index is 2850. The van der Waals surface area contributed by atoms with Crippen LogP contribution in [0.15, 0.2) is 42.5 Å². The molecule has 9 rings (SSSR count). The van der Waals surface area contributed by atoms with Crippen LogP contribution in [-0.4, -0.2) is 188 Å². The number of amides is 2. The average Bonchev–Trinajstić information content (AvgIpc) is 1.44. The molecule has 1 spiro atoms. The van der Waals surface area contributed by atoms with Gasteiger partial charge in [0.1, 0.15) is 11.3 Å². The van der Waals surface area contributed by atoms with Gasteiger partial charge in [0.15, 0.2) is 17.1 Å². The zero-order valence-electron chi connectivity index (χ0n) is 48.3. The molecule has 21 nitrogen and oxygen atoms in total. The fraction of sp³-hybridized carbons (Fsp3) is 0.571. The number of fused-ring (bicyclic) bond motifs is 8. The lowest BCUT2D eigenvalue weighted by Gasteiger charge is -2.44. The van der Waals surface area contributed by atoms with Gasteiger partial charge in [0.2, 0.25) is 23.3 Å². The maximum Gasteiger partial charge on any atom is 0.344 e. The number of hydrogen-bond donors (Lipinski definition) is 7. The summed E-state index contributed by atoms with van der Waals surface area (Å²) < 4.78 is 51.2. The van der Waals surface area contributed by atoms with Crippen molar-refractivity contribution < 1.29 is 82.5 Å². The van der Waals surface area contributed by atoms with Crippen molar-refractivity contribution in [1.82, 2.24) is 10.6 Å². The number of rotatable bonds is 36. The summed E-state index contributed by atoms with van der Waals surface area (Å²) in [6.07, 6.45) is 9.59. The van der Waals surface area contributed by atoms with Crippen LogP contribution >= 0.6 is 0 Å². The Morgan fingerprint density at radius 3 is 1.75 bits per heavy atom. The summed E-state index contributed by atoms with van der Waals surface area (Å²) in [6, 6.07) is 13.3. The van der Waals surface area contributed by atoms with Crippen LogP contribution in [0, 0.1) is 0 Å². The molecule has 0 radical (unpaired) electrons. The normalized spacial score (nSPS) is 16.5. The van der Waals surface area contributed by atoms with Crippen molar-refractivity contribution in [3.63, 3.8) is 0 Å². The third-order valence-electron chi connectivity index (χ3n) is 16.1. The van der Waals surface area contributed by atoms with E-state index >= 15 is 0 Å². The van der Waals surface area contributed by atoms with Gasteiger partial charge in [-0.15, -0.1) is 0 Å². The molecule has 21 heteroatoms. The van der Waals surface area contributed by atoms with Crippen molar-refractivity contribution in [3.8, 4) is 28.7 Å². The fourth-order valence-electron chi connectivity index (χ4n) is 12.1. The van der Waals surface area contributed by atoms with Crippen molar-refractivity contribution in [2.75, 3.05) is 155 Å². The molecule has 7 N–H and O–H groups in total. The number of esters is 1. The predicted octanol–water partition coefficient (Wildman–Crippen LogP) is 5.59. The standard InChI is InChI=1S/C63H84N4O17/c68-47-13-11-43(12-14-47)15-17-64-54(70)16-25-78-29-33-80-31-27-76-23-1-2-24-77-28-32-81-35-37-83-38-36-82-34-30-79-26-18-65-53(69)10-6-20-66-19-3-7-44-40-50-46(42-52(44)66)39-49-48-9-5-22-67-21-4-8-45(57(48)67)41-51(49)63(50)56-55(62(75)84-63)58(71)60(73)61(74)59(56)72/h11-14,40-42,68,71-74H,1-10,15-39H2,(H,64,70)(H,65,69). The number of nitrogens with zero attached hydrogens (tertiary/aromatic N) is 2. The molecule has 4 aromatic rings. The number of phenols is 5. The highest BCUT2D eigenvalue weighted by molar-refractivity contribution is 6.02. The van der Waals surface area contributed by atoms with E-state index in [-0.39, 0.29) is 28.7 Å². The Labute approximate surface area is 491 Å². The average molecular weight is 1170 g/mol. The van der Waals surface area contributed by atoms with Gasteiger partial charge in [-0.1, -0.05) is 12.1 Å². The van der Waals surface area contributed by atoms with Crippen LogP contribution in [0.4, 0.5) is 11.4 Å². The van der Waals surface area contributed by atoms with Crippen LogP contribution < -0.4 is 20.4 Å². The van der Waals surface area contributed by atoms with Crippen LogP contribution in [0.1, 0.15) is 112 Å². The van der Waals surface area contributed by atoms with E-state index in [0.717, 1.165) is 110 Å². The summed E-state index contributed by atoms with van der Waals surface area (Å²) in [5.74, 6) is -4.18. The second-order valence-electron chi connectivity index (χ2n) is 21.8. The molecule has 0 aromatic heterocycles. The molecule has 1 atom stereocenters. The lowest BCUT2D eigenvalue weighted by Crippen LogP contribution is -2.40. The first-order valence-corrected chi connectivity index (χ1v) is 30.1. The van der Waals surface area contributed by atoms with E-state index in [9.17, 15) is 39.9 Å². The van der Waals surface area contributed by atoms with E-state index < -0.39 is 34.6 Å². The molecule has 0 bridgehead atoms. The first-order chi connectivity index (χ1) is 41.0. The molecular formula is C63H84N4O17. The van der Waals surface area contributed by atoms with Crippen molar-refractivity contribution in [2.45, 2.75) is 89.1 Å². The highest BCUT2D eigenvalue weighted by atomic mass is 16.6. The van der Waals surface area contributed by atoms with E-state index in [1.807, 2.05) is 12.1 Å². The van der Waals surface area contributed by atoms with Crippen LogP contribution in [0.2, 0.25) is 0 Å². The van der Waals surface area contributed by atoms with E-state index in [1.54, 1.807) is 12.1 Å². The number of phenolic OH excluding ortho intramolecular Hbond substituents is 5. The lowest BCUT2D eigenvalue weighted by atomic mass is 9.67. The Hall–Kier alpha value is -6.43. The minimum atomic E-state index is -1.67. The Balaban J connectivity index is 0.574. The Morgan fingerprint density at radius 2 is 1.08 bits per heavy atom. The summed E-state index contributed by atoms with van der Waals surface area (Å²) in [7, 11) is 0. The zero-order chi connectivity index (χ0) is 58.7. The van der Waals surface area contributed by atoms with Crippen molar-refractivity contribution in [1.29, 1.82) is 0 Å². The number of benzene rings is 4. The number of aryl methyl sites for hydroxylation is 2. The monoisotopic (exact) mass is 1170 g/mol. The number of hydrogen-bond acceptors (Lipinski definition) is 19. The first kappa shape index (κ1) is 62.1. The van der Waals surface area contributed by atoms with Gasteiger partial charge in [-0.05, 0) is 134 Å². The van der Waals surface area contributed by atoms with Gasteiger partial charge in [0.25, 0.3) is 0 Å². The van der Waals surface area contributed by atoms with Crippen molar-refractivity contribution >= 4 is 29.2 Å². The summed E-state index contributed by atoms with van der Waals surface area (Å²) in [5.41, 5.74) is 7.97. The zero-order valence-corrected chi connectivity index (χ0v) is 48.3. The highest BCUT2D eigenvalue weighted by Gasteiger charge is 2.57. The number of carbonyl (C=O) groups excluding carboxylic acids is 3. The lowest BCUT2D eigenvalue weighted by molar-refractivity contribution is -0.122. The van der Waals surface area contributed by atoms with E-state index in [1.165, 1.54) is 11.3 Å². The summed E-state index contributed by atoms with van der Waals surface area (Å²) in [5, 5.41) is 59.5. The molecule has 4 heterocycles. The van der Waals surface area contributed by atoms with Gasteiger partial charge in [0.05, 0.1) is 98.1 Å². The van der Waals surface area contributed by atoms with Gasteiger partial charge in [0, 0.05) is 87.8 Å².